The van der Waals surface area contributed by atoms with Crippen molar-refractivity contribution in [2.24, 2.45) is 12.5 Å². The summed E-state index contributed by atoms with van der Waals surface area (Å²) < 4.78 is 9.81. The van der Waals surface area contributed by atoms with Crippen molar-refractivity contribution in [1.29, 1.82) is 0 Å². The first-order chi connectivity index (χ1) is 14.0. The number of rotatable bonds is 5. The number of likely N-dealkylation sites (tertiary alicyclic amines) is 1. The summed E-state index contributed by atoms with van der Waals surface area (Å²) in [6.07, 6.45) is 6.94. The van der Waals surface area contributed by atoms with Crippen molar-refractivity contribution in [2.75, 3.05) is 19.7 Å². The van der Waals surface area contributed by atoms with Gasteiger partial charge in [0.05, 0.1) is 12.8 Å². The summed E-state index contributed by atoms with van der Waals surface area (Å²) in [5.74, 6) is 1.00. The van der Waals surface area contributed by atoms with Gasteiger partial charge < -0.3 is 14.6 Å². The number of amides is 1. The summed E-state index contributed by atoms with van der Waals surface area (Å²) in [6, 6.07) is 0.113. The third-order valence-corrected chi connectivity index (χ3v) is 6.23. The number of nitrogens with zero attached hydrogens (tertiary/aromatic N) is 6. The van der Waals surface area contributed by atoms with E-state index < -0.39 is 0 Å². The molecule has 1 atom stereocenters. The maximum absolute atomic E-state index is 12.7. The van der Waals surface area contributed by atoms with Crippen LogP contribution >= 0.6 is 0 Å². The number of nitrogens with one attached hydrogen (secondary N) is 1. The summed E-state index contributed by atoms with van der Waals surface area (Å²) >= 11 is 0. The van der Waals surface area contributed by atoms with Crippen LogP contribution < -0.4 is 5.32 Å². The molecular formula is C20H31N7O2. The van der Waals surface area contributed by atoms with Crippen molar-refractivity contribution in [1.82, 2.24) is 34.8 Å². The lowest BCUT2D eigenvalue weighted by Gasteiger charge is -2.41. The molecule has 1 saturated heterocycles. The van der Waals surface area contributed by atoms with Crippen LogP contribution in [0.5, 0.6) is 0 Å². The van der Waals surface area contributed by atoms with E-state index in [0.717, 1.165) is 51.3 Å². The fourth-order valence-electron chi connectivity index (χ4n) is 4.21. The number of carbonyl (C=O) groups excluding carboxylic acids is 1. The van der Waals surface area contributed by atoms with Crippen molar-refractivity contribution in [3.63, 3.8) is 0 Å². The van der Waals surface area contributed by atoms with Crippen molar-refractivity contribution < 1.29 is 9.53 Å². The number of aromatic nitrogens is 5. The Bertz CT molecular complexity index is 851. The van der Waals surface area contributed by atoms with Crippen molar-refractivity contribution in [2.45, 2.75) is 58.8 Å². The Morgan fingerprint density at radius 2 is 2.14 bits per heavy atom. The summed E-state index contributed by atoms with van der Waals surface area (Å²) in [5, 5.41) is 15.7. The largest absolute Gasteiger partial charge is 0.373 e. The Morgan fingerprint density at radius 1 is 1.34 bits per heavy atom. The number of ether oxygens (including phenoxy) is 1. The van der Waals surface area contributed by atoms with Crippen LogP contribution in [0.25, 0.3) is 0 Å². The zero-order valence-corrected chi connectivity index (χ0v) is 17.6. The molecule has 2 aliphatic rings. The highest BCUT2D eigenvalue weighted by Gasteiger charge is 2.39. The zero-order chi connectivity index (χ0) is 20.4. The predicted octanol–water partition coefficient (Wildman–Crippen LogP) is 1.35. The van der Waals surface area contributed by atoms with Gasteiger partial charge in [0.15, 0.2) is 5.82 Å². The minimum absolute atomic E-state index is 0.0183. The molecule has 158 valence electrons. The van der Waals surface area contributed by atoms with E-state index in [0.29, 0.717) is 19.0 Å². The van der Waals surface area contributed by atoms with E-state index in [1.165, 1.54) is 5.56 Å². The van der Waals surface area contributed by atoms with Crippen LogP contribution in [-0.2, 0) is 31.5 Å². The molecule has 0 aliphatic carbocycles. The molecule has 1 fully saturated rings. The van der Waals surface area contributed by atoms with Crippen LogP contribution in [0.1, 0.15) is 55.1 Å². The molecule has 2 aromatic heterocycles. The van der Waals surface area contributed by atoms with E-state index >= 15 is 0 Å². The van der Waals surface area contributed by atoms with Gasteiger partial charge in [0.2, 0.25) is 5.82 Å². The van der Waals surface area contributed by atoms with Gasteiger partial charge in [0, 0.05) is 43.4 Å². The average Bonchev–Trinajstić information content (AvgIpc) is 3.25. The molecule has 4 heterocycles. The fourth-order valence-corrected chi connectivity index (χ4v) is 4.21. The van der Waals surface area contributed by atoms with Gasteiger partial charge >= 0.3 is 0 Å². The summed E-state index contributed by atoms with van der Waals surface area (Å²) in [4.78, 5) is 15.2. The van der Waals surface area contributed by atoms with Gasteiger partial charge in [-0.05, 0) is 39.3 Å². The lowest BCUT2D eigenvalue weighted by Crippen LogP contribution is -2.44. The van der Waals surface area contributed by atoms with Crippen molar-refractivity contribution in [3.05, 3.63) is 29.6 Å². The molecule has 2 aromatic rings. The smallest absolute Gasteiger partial charge is 0.289 e. The van der Waals surface area contributed by atoms with Crippen LogP contribution in [0.4, 0.5) is 0 Å². The lowest BCUT2D eigenvalue weighted by atomic mass is 9.78. The third kappa shape index (κ3) is 4.35. The van der Waals surface area contributed by atoms with Crippen LogP contribution in [0.15, 0.2) is 12.4 Å². The first kappa shape index (κ1) is 20.0. The minimum atomic E-state index is -0.149. The predicted molar refractivity (Wildman–Crippen MR) is 107 cm³/mol. The van der Waals surface area contributed by atoms with Crippen molar-refractivity contribution >= 4 is 5.91 Å². The number of carbonyl (C=O) groups is 1. The van der Waals surface area contributed by atoms with Gasteiger partial charge in [0.1, 0.15) is 6.61 Å². The SMILES string of the molecule is CC[C@@H](C)NC(=O)c1nnc2n1CC1(CCN(Cc3cnn(C)c3)CC1)COC2. The van der Waals surface area contributed by atoms with E-state index in [4.69, 9.17) is 4.74 Å². The number of aryl methyl sites for hydroxylation is 1. The lowest BCUT2D eigenvalue weighted by molar-refractivity contribution is -0.00570. The van der Waals surface area contributed by atoms with Crippen LogP contribution in [0.3, 0.4) is 0 Å². The van der Waals surface area contributed by atoms with Gasteiger partial charge in [-0.1, -0.05) is 6.92 Å². The molecule has 0 saturated carbocycles. The van der Waals surface area contributed by atoms with Crippen LogP contribution in [-0.4, -0.2) is 61.1 Å². The quantitative estimate of drug-likeness (QED) is 0.813. The molecule has 1 spiro atoms. The number of fused-ring (bicyclic) bond motifs is 1. The second kappa shape index (κ2) is 8.23. The monoisotopic (exact) mass is 401 g/mol. The maximum Gasteiger partial charge on any atom is 0.289 e. The Labute approximate surface area is 171 Å². The highest BCUT2D eigenvalue weighted by Crippen LogP contribution is 2.36. The Morgan fingerprint density at radius 3 is 2.83 bits per heavy atom. The normalized spacial score (nSPS) is 20.2. The molecular weight excluding hydrogens is 370 g/mol. The molecule has 1 N–H and O–H groups in total. The molecule has 0 bridgehead atoms. The van der Waals surface area contributed by atoms with E-state index in [2.05, 4.69) is 38.6 Å². The molecule has 2 aliphatic heterocycles. The van der Waals surface area contributed by atoms with Gasteiger partial charge in [-0.25, -0.2) is 0 Å². The van der Waals surface area contributed by atoms with Crippen LogP contribution in [0.2, 0.25) is 0 Å². The first-order valence-corrected chi connectivity index (χ1v) is 10.5. The van der Waals surface area contributed by atoms with Gasteiger partial charge in [-0.15, -0.1) is 10.2 Å². The minimum Gasteiger partial charge on any atom is -0.373 e. The van der Waals surface area contributed by atoms with E-state index in [1.807, 2.05) is 29.4 Å². The average molecular weight is 402 g/mol. The highest BCUT2D eigenvalue weighted by atomic mass is 16.5. The molecule has 0 unspecified atom stereocenters. The molecule has 9 heteroatoms. The molecule has 0 aromatic carbocycles. The molecule has 0 radical (unpaired) electrons. The standard InChI is InChI=1S/C20H31N7O2/c1-4-15(2)22-19(28)18-24-23-17-12-29-14-20(13-27(17)18)5-7-26(8-6-20)11-16-9-21-25(3)10-16/h9-10,15H,4-8,11-14H2,1-3H3,(H,22,28)/t15-/m1/s1. The topological polar surface area (TPSA) is 90.1 Å². The second-order valence-electron chi connectivity index (χ2n) is 8.60. The second-order valence-corrected chi connectivity index (χ2v) is 8.60. The number of hydrogen-bond donors (Lipinski definition) is 1. The van der Waals surface area contributed by atoms with Gasteiger partial charge in [0.25, 0.3) is 5.91 Å². The van der Waals surface area contributed by atoms with E-state index in [-0.39, 0.29) is 17.4 Å². The zero-order valence-electron chi connectivity index (χ0n) is 17.6. The summed E-state index contributed by atoms with van der Waals surface area (Å²) in [7, 11) is 1.95. The number of piperidine rings is 1. The molecule has 4 rings (SSSR count). The summed E-state index contributed by atoms with van der Waals surface area (Å²) in [5.41, 5.74) is 1.26. The Hall–Kier alpha value is -2.26. The fraction of sp³-hybridized carbons (Fsp3) is 0.700. The Kier molecular flexibility index (Phi) is 5.69. The highest BCUT2D eigenvalue weighted by molar-refractivity contribution is 5.90. The van der Waals surface area contributed by atoms with Crippen LogP contribution in [0, 0.1) is 5.41 Å². The maximum atomic E-state index is 12.7. The molecule has 9 nitrogen and oxygen atoms in total. The van der Waals surface area contributed by atoms with Crippen molar-refractivity contribution in [3.8, 4) is 0 Å². The van der Waals surface area contributed by atoms with E-state index in [1.54, 1.807) is 0 Å². The number of hydrogen-bond acceptors (Lipinski definition) is 6. The van der Waals surface area contributed by atoms with E-state index in [9.17, 15) is 4.79 Å². The van der Waals surface area contributed by atoms with Gasteiger partial charge in [-0.2, -0.15) is 5.10 Å². The molecule has 1 amide bonds. The molecule has 29 heavy (non-hydrogen) atoms. The first-order valence-electron chi connectivity index (χ1n) is 10.5. The third-order valence-electron chi connectivity index (χ3n) is 6.23. The Balaban J connectivity index is 1.44. The van der Waals surface area contributed by atoms with Gasteiger partial charge in [-0.3, -0.25) is 14.4 Å². The summed E-state index contributed by atoms with van der Waals surface area (Å²) in [6.45, 7) is 8.82.